The van der Waals surface area contributed by atoms with E-state index in [2.05, 4.69) is 53.1 Å². The molecule has 1 fully saturated rings. The van der Waals surface area contributed by atoms with Crippen LogP contribution in [-0.2, 0) is 17.6 Å². The lowest BCUT2D eigenvalue weighted by molar-refractivity contribution is -0.143. The molecule has 0 saturated carbocycles. The maximum Gasteiger partial charge on any atom is 0.306 e. The number of fused-ring (bicyclic) bond motifs is 2. The highest BCUT2D eigenvalue weighted by atomic mass is 35.5. The number of aliphatic carboxylic acids is 1. The van der Waals surface area contributed by atoms with Gasteiger partial charge in [0.2, 0.25) is 0 Å². The number of carboxylic acid groups (broad SMARTS) is 1. The minimum Gasteiger partial charge on any atom is -0.481 e. The Morgan fingerprint density at radius 3 is 2.48 bits per heavy atom. The van der Waals surface area contributed by atoms with Crippen molar-refractivity contribution in [2.75, 3.05) is 31.1 Å². The van der Waals surface area contributed by atoms with E-state index in [1.165, 1.54) is 22.5 Å². The molecule has 2 heterocycles. The summed E-state index contributed by atoms with van der Waals surface area (Å²) in [4.78, 5) is 16.1. The molecule has 0 bridgehead atoms. The van der Waals surface area contributed by atoms with Gasteiger partial charge in [-0.2, -0.15) is 0 Å². The Labute approximate surface area is 178 Å². The quantitative estimate of drug-likeness (QED) is 0.749. The van der Waals surface area contributed by atoms with E-state index in [9.17, 15) is 9.90 Å². The van der Waals surface area contributed by atoms with E-state index >= 15 is 0 Å². The highest BCUT2D eigenvalue weighted by Gasteiger charge is 2.27. The summed E-state index contributed by atoms with van der Waals surface area (Å²) in [5.74, 6) is -0.366. The van der Waals surface area contributed by atoms with Crippen molar-refractivity contribution in [1.29, 1.82) is 0 Å². The number of hydrogen-bond donors (Lipinski definition) is 1. The monoisotopic (exact) mass is 412 g/mol. The second kappa shape index (κ2) is 8.76. The third kappa shape index (κ3) is 4.59. The van der Waals surface area contributed by atoms with Gasteiger partial charge in [0.05, 0.1) is 5.92 Å². The summed E-state index contributed by atoms with van der Waals surface area (Å²) < 4.78 is 0. The summed E-state index contributed by atoms with van der Waals surface area (Å²) in [5.41, 5.74) is 5.23. The van der Waals surface area contributed by atoms with Crippen molar-refractivity contribution in [3.63, 3.8) is 0 Å². The largest absolute Gasteiger partial charge is 0.481 e. The van der Waals surface area contributed by atoms with Gasteiger partial charge in [0.1, 0.15) is 0 Å². The second-order valence-corrected chi connectivity index (χ2v) is 8.97. The van der Waals surface area contributed by atoms with Gasteiger partial charge in [-0.3, -0.25) is 4.79 Å². The number of para-hydroxylation sites is 1. The number of carboxylic acids is 1. The Kier molecular flexibility index (Phi) is 6.12. The maximum absolute atomic E-state index is 11.2. The van der Waals surface area contributed by atoms with E-state index in [-0.39, 0.29) is 5.92 Å². The van der Waals surface area contributed by atoms with Gasteiger partial charge < -0.3 is 14.9 Å². The molecule has 2 aromatic carbocycles. The molecule has 0 spiro atoms. The number of rotatable bonds is 5. The van der Waals surface area contributed by atoms with Crippen molar-refractivity contribution >= 4 is 28.9 Å². The topological polar surface area (TPSA) is 43.8 Å². The van der Waals surface area contributed by atoms with Gasteiger partial charge in [-0.15, -0.1) is 0 Å². The van der Waals surface area contributed by atoms with E-state index in [4.69, 9.17) is 11.6 Å². The number of carbonyl (C=O) groups is 1. The summed E-state index contributed by atoms with van der Waals surface area (Å²) in [6.45, 7) is 5.95. The molecule has 0 radical (unpaired) electrons. The zero-order chi connectivity index (χ0) is 20.4. The van der Waals surface area contributed by atoms with Crippen LogP contribution in [0.5, 0.6) is 0 Å². The number of nitrogens with zero attached hydrogens (tertiary/aromatic N) is 2. The average Bonchev–Trinajstić information content (AvgIpc) is 2.86. The molecule has 0 amide bonds. The lowest BCUT2D eigenvalue weighted by atomic mass is 9.96. The Morgan fingerprint density at radius 2 is 1.76 bits per heavy atom. The molecule has 2 aliphatic heterocycles. The molecule has 1 N–H and O–H groups in total. The van der Waals surface area contributed by atoms with E-state index in [0.29, 0.717) is 5.92 Å². The highest BCUT2D eigenvalue weighted by Crippen LogP contribution is 2.38. The van der Waals surface area contributed by atoms with Crippen molar-refractivity contribution in [1.82, 2.24) is 4.90 Å². The standard InChI is InChI=1S/C24H29ClN2O2/c1-17(15-26-12-10-20(11-13-26)24(28)29)16-27-22-5-3-2-4-18(22)6-7-19-8-9-21(25)14-23(19)27/h2-5,8-9,14,17,20H,6-7,10-13,15-16H2,1H3,(H,28,29). The maximum atomic E-state index is 11.2. The SMILES string of the molecule is CC(CN1CCC(C(=O)O)CC1)CN1c2ccccc2CCc2ccc(Cl)cc21. The summed E-state index contributed by atoms with van der Waals surface area (Å²) in [5, 5.41) is 10.00. The van der Waals surface area contributed by atoms with E-state index in [0.717, 1.165) is 56.9 Å². The number of likely N-dealkylation sites (tertiary alicyclic amines) is 1. The Balaban J connectivity index is 1.52. The van der Waals surface area contributed by atoms with Crippen LogP contribution in [-0.4, -0.2) is 42.2 Å². The third-order valence-corrected chi connectivity index (χ3v) is 6.52. The molecule has 5 heteroatoms. The molecule has 0 aromatic heterocycles. The van der Waals surface area contributed by atoms with Crippen LogP contribution in [0.1, 0.15) is 30.9 Å². The van der Waals surface area contributed by atoms with Crippen LogP contribution in [0, 0.1) is 11.8 Å². The molecule has 29 heavy (non-hydrogen) atoms. The zero-order valence-corrected chi connectivity index (χ0v) is 17.7. The Hall–Kier alpha value is -2.04. The van der Waals surface area contributed by atoms with Crippen LogP contribution in [0.3, 0.4) is 0 Å². The first-order chi connectivity index (χ1) is 14.0. The zero-order valence-electron chi connectivity index (χ0n) is 17.0. The van der Waals surface area contributed by atoms with E-state index < -0.39 is 5.97 Å². The molecule has 0 aliphatic carbocycles. The number of aryl methyl sites for hydroxylation is 2. The molecule has 1 atom stereocenters. The number of hydrogen-bond acceptors (Lipinski definition) is 3. The van der Waals surface area contributed by atoms with Crippen LogP contribution in [0.15, 0.2) is 42.5 Å². The van der Waals surface area contributed by atoms with Crippen LogP contribution in [0.2, 0.25) is 5.02 Å². The Morgan fingerprint density at radius 1 is 1.07 bits per heavy atom. The number of halogens is 1. The van der Waals surface area contributed by atoms with Gasteiger partial charge in [-0.25, -0.2) is 0 Å². The van der Waals surface area contributed by atoms with Crippen molar-refractivity contribution in [3.05, 3.63) is 58.6 Å². The number of piperidine rings is 1. The average molecular weight is 413 g/mol. The van der Waals surface area contributed by atoms with Crippen LogP contribution in [0.25, 0.3) is 0 Å². The molecular weight excluding hydrogens is 384 g/mol. The molecule has 2 aliphatic rings. The van der Waals surface area contributed by atoms with Gasteiger partial charge in [-0.05, 0) is 74.0 Å². The van der Waals surface area contributed by atoms with Crippen molar-refractivity contribution in [2.45, 2.75) is 32.6 Å². The van der Waals surface area contributed by atoms with E-state index in [1.54, 1.807) is 0 Å². The minimum atomic E-state index is -0.646. The summed E-state index contributed by atoms with van der Waals surface area (Å²) >= 11 is 6.37. The first kappa shape index (κ1) is 20.2. The first-order valence-corrected chi connectivity index (χ1v) is 11.0. The van der Waals surface area contributed by atoms with Crippen molar-refractivity contribution in [3.8, 4) is 0 Å². The van der Waals surface area contributed by atoms with Gasteiger partial charge in [0.25, 0.3) is 0 Å². The molecule has 1 unspecified atom stereocenters. The number of anilines is 2. The molecule has 4 rings (SSSR count). The normalized spacial score (nSPS) is 18.6. The molecule has 1 saturated heterocycles. The van der Waals surface area contributed by atoms with Gasteiger partial charge in [0, 0.05) is 29.5 Å². The van der Waals surface area contributed by atoms with Gasteiger partial charge >= 0.3 is 5.97 Å². The predicted octanol–water partition coefficient (Wildman–Crippen LogP) is 5.01. The lowest BCUT2D eigenvalue weighted by Gasteiger charge is -2.35. The molecular formula is C24H29ClN2O2. The van der Waals surface area contributed by atoms with Gasteiger partial charge in [-0.1, -0.05) is 42.8 Å². The Bertz CT molecular complexity index is 877. The van der Waals surface area contributed by atoms with Crippen molar-refractivity contribution < 1.29 is 9.90 Å². The van der Waals surface area contributed by atoms with Crippen LogP contribution >= 0.6 is 11.6 Å². The fourth-order valence-corrected chi connectivity index (χ4v) is 4.92. The first-order valence-electron chi connectivity index (χ1n) is 10.6. The highest BCUT2D eigenvalue weighted by molar-refractivity contribution is 6.30. The lowest BCUT2D eigenvalue weighted by Crippen LogP contribution is -2.40. The molecule has 4 nitrogen and oxygen atoms in total. The van der Waals surface area contributed by atoms with Crippen LogP contribution in [0.4, 0.5) is 11.4 Å². The smallest absolute Gasteiger partial charge is 0.306 e. The summed E-state index contributed by atoms with van der Waals surface area (Å²) in [6.07, 6.45) is 3.58. The minimum absolute atomic E-state index is 0.173. The predicted molar refractivity (Wildman–Crippen MR) is 118 cm³/mol. The summed E-state index contributed by atoms with van der Waals surface area (Å²) in [6, 6.07) is 14.9. The molecule has 2 aromatic rings. The van der Waals surface area contributed by atoms with Crippen molar-refractivity contribution in [2.24, 2.45) is 11.8 Å². The summed E-state index contributed by atoms with van der Waals surface area (Å²) in [7, 11) is 0. The second-order valence-electron chi connectivity index (χ2n) is 8.53. The molecule has 154 valence electrons. The van der Waals surface area contributed by atoms with Gasteiger partial charge in [0.15, 0.2) is 0 Å². The van der Waals surface area contributed by atoms with E-state index in [1.807, 2.05) is 6.07 Å². The third-order valence-electron chi connectivity index (χ3n) is 6.29. The van der Waals surface area contributed by atoms with Crippen LogP contribution < -0.4 is 4.90 Å². The fourth-order valence-electron chi connectivity index (χ4n) is 4.75. The number of benzene rings is 2. The fraction of sp³-hybridized carbons (Fsp3) is 0.458.